The highest BCUT2D eigenvalue weighted by molar-refractivity contribution is 7.98. The minimum absolute atomic E-state index is 0.283. The van der Waals surface area contributed by atoms with E-state index in [9.17, 15) is 4.79 Å². The number of aliphatic imine (C=N–C) groups is 1. The van der Waals surface area contributed by atoms with Gasteiger partial charge in [0, 0.05) is 14.1 Å². The number of carbonyl (C=O) groups is 1. The fraction of sp³-hybridized carbons (Fsp3) is 0.800. The molecule has 0 spiro atoms. The zero-order valence-corrected chi connectivity index (χ0v) is 10.9. The Hall–Kier alpha value is -0.710. The van der Waals surface area contributed by atoms with Gasteiger partial charge in [0.2, 0.25) is 0 Å². The van der Waals surface area contributed by atoms with Gasteiger partial charge in [-0.25, -0.2) is 4.79 Å². The number of nitrogens with zero attached hydrogens (tertiary/aromatic N) is 2. The summed E-state index contributed by atoms with van der Waals surface area (Å²) in [6.45, 7) is 1.80. The summed E-state index contributed by atoms with van der Waals surface area (Å²) in [6, 6.07) is 0. The average Bonchev–Trinajstić information content (AvgIpc) is 2.22. The van der Waals surface area contributed by atoms with E-state index >= 15 is 0 Å². The minimum Gasteiger partial charge on any atom is -0.467 e. The fourth-order valence-electron chi connectivity index (χ4n) is 0.983. The molecule has 0 radical (unpaired) electrons. The molecule has 0 heterocycles. The standard InChI is InChI=1S/C10H20N2O2S/c1-10(6-7-15-5,9(13)14-4)11-8-12(2)3/h8H,6-7H2,1-5H3. The van der Waals surface area contributed by atoms with Crippen molar-refractivity contribution in [1.29, 1.82) is 0 Å². The SMILES string of the molecule is COC(=O)C(C)(CCSC)N=CN(C)C. The summed E-state index contributed by atoms with van der Waals surface area (Å²) < 4.78 is 4.76. The Morgan fingerprint density at radius 3 is 2.60 bits per heavy atom. The third-order valence-electron chi connectivity index (χ3n) is 1.99. The first kappa shape index (κ1) is 14.3. The van der Waals surface area contributed by atoms with E-state index in [-0.39, 0.29) is 5.97 Å². The summed E-state index contributed by atoms with van der Waals surface area (Å²) in [5, 5.41) is 0. The maximum atomic E-state index is 11.6. The molecule has 0 aromatic heterocycles. The van der Waals surface area contributed by atoms with Crippen LogP contribution in [0.3, 0.4) is 0 Å². The number of methoxy groups -OCH3 is 1. The second-order valence-corrected chi connectivity index (χ2v) is 4.70. The van der Waals surface area contributed by atoms with Gasteiger partial charge in [0.1, 0.15) is 0 Å². The third-order valence-corrected chi connectivity index (χ3v) is 2.60. The normalized spacial score (nSPS) is 15.0. The van der Waals surface area contributed by atoms with Crippen LogP contribution in [0.5, 0.6) is 0 Å². The van der Waals surface area contributed by atoms with Gasteiger partial charge in [-0.1, -0.05) is 0 Å². The van der Waals surface area contributed by atoms with Gasteiger partial charge in [-0.2, -0.15) is 11.8 Å². The van der Waals surface area contributed by atoms with Gasteiger partial charge in [-0.15, -0.1) is 0 Å². The van der Waals surface area contributed by atoms with Gasteiger partial charge >= 0.3 is 5.97 Å². The van der Waals surface area contributed by atoms with E-state index < -0.39 is 5.54 Å². The Balaban J connectivity index is 4.61. The van der Waals surface area contributed by atoms with Crippen LogP contribution in [-0.4, -0.2) is 56.0 Å². The number of carbonyl (C=O) groups excluding carboxylic acids is 1. The number of hydrogen-bond donors (Lipinski definition) is 0. The summed E-state index contributed by atoms with van der Waals surface area (Å²) in [4.78, 5) is 17.7. The van der Waals surface area contributed by atoms with Crippen molar-refractivity contribution < 1.29 is 9.53 Å². The predicted octanol–water partition coefficient (Wildman–Crippen LogP) is 1.26. The van der Waals surface area contributed by atoms with Crippen LogP contribution in [0.1, 0.15) is 13.3 Å². The molecule has 0 aliphatic rings. The Bertz CT molecular complexity index is 231. The van der Waals surface area contributed by atoms with Gasteiger partial charge in [0.25, 0.3) is 0 Å². The topological polar surface area (TPSA) is 41.9 Å². The molecule has 88 valence electrons. The van der Waals surface area contributed by atoms with Crippen molar-refractivity contribution in [1.82, 2.24) is 4.90 Å². The first-order valence-corrected chi connectivity index (χ1v) is 6.15. The van der Waals surface area contributed by atoms with E-state index in [2.05, 4.69) is 4.99 Å². The average molecular weight is 232 g/mol. The summed E-state index contributed by atoms with van der Waals surface area (Å²) >= 11 is 1.70. The molecule has 0 saturated heterocycles. The highest BCUT2D eigenvalue weighted by Gasteiger charge is 2.32. The quantitative estimate of drug-likeness (QED) is 0.393. The molecule has 1 unspecified atom stereocenters. The molecule has 1 atom stereocenters. The number of rotatable bonds is 6. The van der Waals surface area contributed by atoms with Crippen molar-refractivity contribution >= 4 is 24.1 Å². The molecule has 5 heteroatoms. The monoisotopic (exact) mass is 232 g/mol. The molecule has 0 aliphatic heterocycles. The summed E-state index contributed by atoms with van der Waals surface area (Å²) in [5.41, 5.74) is -0.762. The van der Waals surface area contributed by atoms with Crippen LogP contribution >= 0.6 is 11.8 Å². The Labute approximate surface area is 96.1 Å². The lowest BCUT2D eigenvalue weighted by atomic mass is 10.0. The summed E-state index contributed by atoms with van der Waals surface area (Å²) in [5.74, 6) is 0.603. The molecule has 0 fully saturated rings. The van der Waals surface area contributed by atoms with Crippen molar-refractivity contribution in [2.45, 2.75) is 18.9 Å². The Kier molecular flexibility index (Phi) is 6.40. The van der Waals surface area contributed by atoms with Gasteiger partial charge in [0.15, 0.2) is 5.54 Å². The largest absolute Gasteiger partial charge is 0.467 e. The van der Waals surface area contributed by atoms with Crippen molar-refractivity contribution in [3.8, 4) is 0 Å². The van der Waals surface area contributed by atoms with E-state index in [1.54, 1.807) is 29.9 Å². The zero-order valence-electron chi connectivity index (χ0n) is 10.1. The predicted molar refractivity (Wildman–Crippen MR) is 65.6 cm³/mol. The Morgan fingerprint density at radius 1 is 1.60 bits per heavy atom. The second kappa shape index (κ2) is 6.71. The summed E-state index contributed by atoms with van der Waals surface area (Å²) in [7, 11) is 5.14. The molecule has 0 aliphatic carbocycles. The number of hydrogen-bond acceptors (Lipinski definition) is 4. The highest BCUT2D eigenvalue weighted by Crippen LogP contribution is 2.19. The van der Waals surface area contributed by atoms with Crippen molar-refractivity contribution in [2.24, 2.45) is 4.99 Å². The number of ether oxygens (including phenoxy) is 1. The third kappa shape index (κ3) is 5.06. The van der Waals surface area contributed by atoms with Crippen molar-refractivity contribution in [3.63, 3.8) is 0 Å². The molecule has 0 aromatic carbocycles. The molecule has 0 bridgehead atoms. The minimum atomic E-state index is -0.762. The second-order valence-electron chi connectivity index (χ2n) is 3.72. The van der Waals surface area contributed by atoms with E-state index in [0.717, 1.165) is 5.75 Å². The lowest BCUT2D eigenvalue weighted by molar-refractivity contribution is -0.146. The first-order chi connectivity index (χ1) is 6.96. The zero-order chi connectivity index (χ0) is 11.9. The van der Waals surface area contributed by atoms with Crippen LogP contribution in [0.25, 0.3) is 0 Å². The van der Waals surface area contributed by atoms with E-state index in [1.807, 2.05) is 20.4 Å². The molecule has 0 aromatic rings. The molecule has 15 heavy (non-hydrogen) atoms. The number of esters is 1. The van der Waals surface area contributed by atoms with Crippen LogP contribution in [0.15, 0.2) is 4.99 Å². The van der Waals surface area contributed by atoms with Crippen LogP contribution in [-0.2, 0) is 9.53 Å². The number of thioether (sulfide) groups is 1. The van der Waals surface area contributed by atoms with E-state index in [4.69, 9.17) is 4.74 Å². The Morgan fingerprint density at radius 2 is 2.20 bits per heavy atom. The van der Waals surface area contributed by atoms with Crippen LogP contribution in [0.4, 0.5) is 0 Å². The first-order valence-electron chi connectivity index (χ1n) is 4.75. The highest BCUT2D eigenvalue weighted by atomic mass is 32.2. The maximum Gasteiger partial charge on any atom is 0.333 e. The smallest absolute Gasteiger partial charge is 0.333 e. The van der Waals surface area contributed by atoms with Gasteiger partial charge < -0.3 is 9.64 Å². The fourth-order valence-corrected chi connectivity index (χ4v) is 1.58. The lowest BCUT2D eigenvalue weighted by Gasteiger charge is -2.22. The van der Waals surface area contributed by atoms with Crippen LogP contribution < -0.4 is 0 Å². The van der Waals surface area contributed by atoms with Crippen molar-refractivity contribution in [3.05, 3.63) is 0 Å². The maximum absolute atomic E-state index is 11.6. The molecule has 0 saturated carbocycles. The molecular weight excluding hydrogens is 212 g/mol. The molecule has 4 nitrogen and oxygen atoms in total. The van der Waals surface area contributed by atoms with Crippen LogP contribution in [0, 0.1) is 0 Å². The van der Waals surface area contributed by atoms with Crippen LogP contribution in [0.2, 0.25) is 0 Å². The van der Waals surface area contributed by atoms with E-state index in [1.165, 1.54) is 7.11 Å². The molecule has 0 amide bonds. The lowest BCUT2D eigenvalue weighted by Crippen LogP contribution is -2.36. The van der Waals surface area contributed by atoms with Crippen molar-refractivity contribution in [2.75, 3.05) is 33.2 Å². The molecular formula is C10H20N2O2S. The molecule has 0 rings (SSSR count). The van der Waals surface area contributed by atoms with Gasteiger partial charge in [-0.3, -0.25) is 4.99 Å². The van der Waals surface area contributed by atoms with E-state index in [0.29, 0.717) is 6.42 Å². The molecule has 0 N–H and O–H groups in total. The van der Waals surface area contributed by atoms with Gasteiger partial charge in [-0.05, 0) is 25.4 Å². The summed E-state index contributed by atoms with van der Waals surface area (Å²) in [6.07, 6.45) is 4.34. The van der Waals surface area contributed by atoms with Gasteiger partial charge in [0.05, 0.1) is 13.4 Å².